The van der Waals surface area contributed by atoms with E-state index in [4.69, 9.17) is 34.8 Å². The van der Waals surface area contributed by atoms with Gasteiger partial charge < -0.3 is 4.90 Å². The molecule has 0 aliphatic heterocycles. The van der Waals surface area contributed by atoms with Crippen LogP contribution in [0.4, 0.5) is 5.69 Å². The number of nitrogens with zero attached hydrogens (tertiary/aromatic N) is 2. The van der Waals surface area contributed by atoms with E-state index in [0.717, 1.165) is 11.6 Å². The van der Waals surface area contributed by atoms with Crippen LogP contribution in [0.5, 0.6) is 0 Å². The molecule has 2 aromatic rings. The minimum atomic E-state index is -0.570. The van der Waals surface area contributed by atoms with E-state index in [0.29, 0.717) is 16.6 Å². The number of carbonyl (C=O) groups is 1. The topological polar surface area (TPSA) is 63.5 Å². The van der Waals surface area contributed by atoms with Gasteiger partial charge in [0.15, 0.2) is 0 Å². The largest absolute Gasteiger partial charge is 0.337 e. The van der Waals surface area contributed by atoms with Crippen molar-refractivity contribution in [2.75, 3.05) is 7.05 Å². The van der Waals surface area contributed by atoms with E-state index in [-0.39, 0.29) is 22.2 Å². The molecule has 2 rings (SSSR count). The highest BCUT2D eigenvalue weighted by Crippen LogP contribution is 2.25. The first-order valence-electron chi connectivity index (χ1n) is 6.43. The Morgan fingerprint density at radius 2 is 1.78 bits per heavy atom. The van der Waals surface area contributed by atoms with Crippen molar-refractivity contribution in [1.82, 2.24) is 4.90 Å². The van der Waals surface area contributed by atoms with Crippen molar-refractivity contribution in [3.8, 4) is 0 Å². The van der Waals surface area contributed by atoms with Crippen molar-refractivity contribution in [3.63, 3.8) is 0 Å². The van der Waals surface area contributed by atoms with Crippen LogP contribution in [-0.2, 0) is 6.54 Å². The molecule has 8 heteroatoms. The number of non-ortho nitro benzene ring substituents is 1. The number of halogens is 3. The van der Waals surface area contributed by atoms with Crippen LogP contribution >= 0.6 is 34.8 Å². The van der Waals surface area contributed by atoms with Gasteiger partial charge in [-0.25, -0.2) is 0 Å². The first kappa shape index (κ1) is 17.5. The number of nitro groups is 1. The van der Waals surface area contributed by atoms with Crippen LogP contribution in [0.1, 0.15) is 15.9 Å². The van der Waals surface area contributed by atoms with Gasteiger partial charge in [-0.2, -0.15) is 0 Å². The Balaban J connectivity index is 2.19. The van der Waals surface area contributed by atoms with Gasteiger partial charge >= 0.3 is 0 Å². The van der Waals surface area contributed by atoms with E-state index in [1.807, 2.05) is 0 Å². The van der Waals surface area contributed by atoms with Crippen LogP contribution in [0, 0.1) is 10.1 Å². The van der Waals surface area contributed by atoms with Crippen molar-refractivity contribution >= 4 is 46.4 Å². The summed E-state index contributed by atoms with van der Waals surface area (Å²) in [6.07, 6.45) is 0. The molecule has 0 bridgehead atoms. The van der Waals surface area contributed by atoms with Crippen LogP contribution in [0.3, 0.4) is 0 Å². The third-order valence-electron chi connectivity index (χ3n) is 3.14. The summed E-state index contributed by atoms with van der Waals surface area (Å²) in [5.41, 5.74) is 0.826. The molecule has 5 nitrogen and oxygen atoms in total. The van der Waals surface area contributed by atoms with Crippen LogP contribution in [-0.4, -0.2) is 22.8 Å². The van der Waals surface area contributed by atoms with E-state index in [9.17, 15) is 14.9 Å². The predicted molar refractivity (Wildman–Crippen MR) is 90.4 cm³/mol. The van der Waals surface area contributed by atoms with Gasteiger partial charge in [0, 0.05) is 25.7 Å². The Hall–Kier alpha value is -1.82. The molecule has 0 saturated heterocycles. The quantitative estimate of drug-likeness (QED) is 0.569. The van der Waals surface area contributed by atoms with E-state index in [1.54, 1.807) is 25.2 Å². The Labute approximate surface area is 147 Å². The van der Waals surface area contributed by atoms with Crippen molar-refractivity contribution in [3.05, 3.63) is 72.7 Å². The number of amides is 1. The summed E-state index contributed by atoms with van der Waals surface area (Å²) >= 11 is 17.8. The number of hydrogen-bond acceptors (Lipinski definition) is 3. The monoisotopic (exact) mass is 372 g/mol. The second kappa shape index (κ2) is 7.17. The molecule has 0 aliphatic carbocycles. The number of hydrogen-bond donors (Lipinski definition) is 0. The highest BCUT2D eigenvalue weighted by atomic mass is 35.5. The highest BCUT2D eigenvalue weighted by Gasteiger charge is 2.18. The summed E-state index contributed by atoms with van der Waals surface area (Å²) in [4.78, 5) is 24.0. The Morgan fingerprint density at radius 1 is 1.09 bits per heavy atom. The molecule has 0 aromatic heterocycles. The third-order valence-corrected chi connectivity index (χ3v) is 4.20. The average molecular weight is 374 g/mol. The summed E-state index contributed by atoms with van der Waals surface area (Å²) in [6.45, 7) is 0.295. The van der Waals surface area contributed by atoms with Crippen molar-refractivity contribution in [2.45, 2.75) is 6.54 Å². The zero-order valence-corrected chi connectivity index (χ0v) is 14.2. The lowest BCUT2D eigenvalue weighted by Crippen LogP contribution is -2.26. The van der Waals surface area contributed by atoms with Crippen molar-refractivity contribution < 1.29 is 9.72 Å². The lowest BCUT2D eigenvalue weighted by Gasteiger charge is -2.18. The van der Waals surface area contributed by atoms with Gasteiger partial charge in [0.25, 0.3) is 11.6 Å². The maximum atomic E-state index is 12.4. The molecule has 120 valence electrons. The van der Waals surface area contributed by atoms with Gasteiger partial charge in [0.05, 0.1) is 25.6 Å². The molecule has 1 amide bonds. The molecule has 0 radical (unpaired) electrons. The second-order valence-corrected chi connectivity index (χ2v) is 6.05. The molecule has 0 saturated carbocycles. The molecule has 0 N–H and O–H groups in total. The molecule has 0 atom stereocenters. The SMILES string of the molecule is CN(Cc1ccc(Cl)c(Cl)c1)C(=O)c1ccc([N+](=O)[O-])cc1Cl. The van der Waals surface area contributed by atoms with Crippen LogP contribution < -0.4 is 0 Å². The second-order valence-electron chi connectivity index (χ2n) is 4.83. The Kier molecular flexibility index (Phi) is 5.46. The smallest absolute Gasteiger partial charge is 0.270 e. The molecule has 0 fully saturated rings. The summed E-state index contributed by atoms with van der Waals surface area (Å²) in [5, 5.41) is 11.6. The number of nitro benzene ring substituents is 1. The molecule has 0 heterocycles. The van der Waals surface area contributed by atoms with Gasteiger partial charge in [-0.3, -0.25) is 14.9 Å². The summed E-state index contributed by atoms with van der Waals surface area (Å²) in [5.74, 6) is -0.351. The number of rotatable bonds is 4. The van der Waals surface area contributed by atoms with Crippen LogP contribution in [0.25, 0.3) is 0 Å². The normalized spacial score (nSPS) is 10.4. The first-order valence-corrected chi connectivity index (χ1v) is 7.56. The zero-order valence-electron chi connectivity index (χ0n) is 11.9. The van der Waals surface area contributed by atoms with Gasteiger partial charge in [0.2, 0.25) is 0 Å². The molecular weight excluding hydrogens is 363 g/mol. The minimum absolute atomic E-state index is 0.0326. The Bertz CT molecular complexity index is 781. The van der Waals surface area contributed by atoms with Gasteiger partial charge in [-0.1, -0.05) is 40.9 Å². The summed E-state index contributed by atoms with van der Waals surface area (Å²) < 4.78 is 0. The van der Waals surface area contributed by atoms with Gasteiger partial charge in [0.1, 0.15) is 0 Å². The maximum absolute atomic E-state index is 12.4. The average Bonchev–Trinajstić information content (AvgIpc) is 2.50. The Morgan fingerprint density at radius 3 is 2.35 bits per heavy atom. The number of carbonyl (C=O) groups excluding carboxylic acids is 1. The van der Waals surface area contributed by atoms with Crippen molar-refractivity contribution in [2.24, 2.45) is 0 Å². The van der Waals surface area contributed by atoms with Crippen LogP contribution in [0.2, 0.25) is 15.1 Å². The molecule has 0 spiro atoms. The van der Waals surface area contributed by atoms with Crippen molar-refractivity contribution in [1.29, 1.82) is 0 Å². The molecule has 23 heavy (non-hydrogen) atoms. The molecule has 2 aromatic carbocycles. The first-order chi connectivity index (χ1) is 10.8. The predicted octanol–water partition coefficient (Wildman–Crippen LogP) is 4.83. The van der Waals surface area contributed by atoms with Gasteiger partial charge in [-0.05, 0) is 23.8 Å². The van der Waals surface area contributed by atoms with E-state index >= 15 is 0 Å². The van der Waals surface area contributed by atoms with E-state index in [1.165, 1.54) is 17.0 Å². The third kappa shape index (κ3) is 4.13. The van der Waals surface area contributed by atoms with Gasteiger partial charge in [-0.15, -0.1) is 0 Å². The fourth-order valence-electron chi connectivity index (χ4n) is 1.98. The lowest BCUT2D eigenvalue weighted by molar-refractivity contribution is -0.384. The summed E-state index contributed by atoms with van der Waals surface area (Å²) in [7, 11) is 1.60. The van der Waals surface area contributed by atoms with Crippen LogP contribution in [0.15, 0.2) is 36.4 Å². The summed E-state index contributed by atoms with van der Waals surface area (Å²) in [6, 6.07) is 8.82. The molecule has 0 unspecified atom stereocenters. The standard InChI is InChI=1S/C15H11Cl3N2O3/c1-19(8-9-2-5-12(16)14(18)6-9)15(21)11-4-3-10(20(22)23)7-13(11)17/h2-7H,8H2,1H3. The fraction of sp³-hybridized carbons (Fsp3) is 0.133. The highest BCUT2D eigenvalue weighted by molar-refractivity contribution is 6.42. The number of benzene rings is 2. The van der Waals surface area contributed by atoms with E-state index in [2.05, 4.69) is 0 Å². The lowest BCUT2D eigenvalue weighted by atomic mass is 10.1. The maximum Gasteiger partial charge on any atom is 0.270 e. The molecular formula is C15H11Cl3N2O3. The van der Waals surface area contributed by atoms with E-state index < -0.39 is 4.92 Å². The minimum Gasteiger partial charge on any atom is -0.337 e. The molecule has 0 aliphatic rings. The fourth-order valence-corrected chi connectivity index (χ4v) is 2.56. The zero-order chi connectivity index (χ0) is 17.1.